The second-order valence-electron chi connectivity index (χ2n) is 8.70. The molecule has 2 aromatic heterocycles. The topological polar surface area (TPSA) is 86.2 Å². The fraction of sp³-hybridized carbons (Fsp3) is 0.179. The lowest BCUT2D eigenvalue weighted by Crippen LogP contribution is -2.41. The van der Waals surface area contributed by atoms with Crippen molar-refractivity contribution in [3.05, 3.63) is 110 Å². The molecular formula is C28H25N3O4. The zero-order chi connectivity index (χ0) is 24.5. The predicted octanol–water partition coefficient (Wildman–Crippen LogP) is 4.41. The Kier molecular flexibility index (Phi) is 5.82. The highest BCUT2D eigenvalue weighted by Crippen LogP contribution is 2.25. The van der Waals surface area contributed by atoms with Gasteiger partial charge in [0.15, 0.2) is 0 Å². The van der Waals surface area contributed by atoms with E-state index in [0.29, 0.717) is 28.6 Å². The molecule has 0 unspecified atom stereocenters. The van der Waals surface area contributed by atoms with Gasteiger partial charge in [-0.25, -0.2) is 4.79 Å². The molecular weight excluding hydrogens is 442 g/mol. The molecule has 35 heavy (non-hydrogen) atoms. The Balaban J connectivity index is 1.59. The van der Waals surface area contributed by atoms with Gasteiger partial charge < -0.3 is 9.73 Å². The smallest absolute Gasteiger partial charge is 0.332 e. The Morgan fingerprint density at radius 3 is 2.43 bits per heavy atom. The van der Waals surface area contributed by atoms with Crippen molar-refractivity contribution in [3.63, 3.8) is 0 Å². The predicted molar refractivity (Wildman–Crippen MR) is 137 cm³/mol. The van der Waals surface area contributed by atoms with Crippen LogP contribution in [0.4, 0.5) is 5.69 Å². The number of hydrogen-bond acceptors (Lipinski definition) is 4. The van der Waals surface area contributed by atoms with Gasteiger partial charge in [-0.2, -0.15) is 0 Å². The summed E-state index contributed by atoms with van der Waals surface area (Å²) in [5, 5.41) is 3.51. The molecule has 1 amide bonds. The molecule has 5 rings (SSSR count). The van der Waals surface area contributed by atoms with Crippen LogP contribution in [-0.2, 0) is 24.3 Å². The summed E-state index contributed by atoms with van der Waals surface area (Å²) in [5.41, 5.74) is 3.56. The summed E-state index contributed by atoms with van der Waals surface area (Å²) in [6.45, 7) is 3.82. The third kappa shape index (κ3) is 4.28. The van der Waals surface area contributed by atoms with Crippen molar-refractivity contribution in [2.45, 2.75) is 33.4 Å². The molecule has 7 heteroatoms. The van der Waals surface area contributed by atoms with E-state index in [1.165, 1.54) is 4.57 Å². The Labute approximate surface area is 201 Å². The van der Waals surface area contributed by atoms with E-state index in [2.05, 4.69) is 5.32 Å². The first-order valence-electron chi connectivity index (χ1n) is 11.5. The van der Waals surface area contributed by atoms with Crippen molar-refractivity contribution in [1.29, 1.82) is 0 Å². The first-order valence-corrected chi connectivity index (χ1v) is 11.5. The second kappa shape index (κ2) is 9.10. The number of anilines is 1. The number of rotatable bonds is 6. The van der Waals surface area contributed by atoms with E-state index in [1.54, 1.807) is 18.2 Å². The number of furan rings is 1. The molecule has 5 aromatic rings. The molecule has 7 nitrogen and oxygen atoms in total. The standard InChI is InChI=1S/C28H25N3O4/c1-18-12-13-22(19(2)16-18)29-24(32)17-31-25-21-10-6-7-11-23(21)35-26(25)27(33)30(28(31)34)15-14-20-8-4-3-5-9-20/h3-13,16H,14-15,17H2,1-2H3,(H,29,32). The summed E-state index contributed by atoms with van der Waals surface area (Å²) in [5.74, 6) is -0.362. The Morgan fingerprint density at radius 2 is 1.66 bits per heavy atom. The number of para-hydroxylation sites is 1. The van der Waals surface area contributed by atoms with Crippen molar-refractivity contribution < 1.29 is 9.21 Å². The molecule has 0 aliphatic heterocycles. The maximum atomic E-state index is 13.6. The second-order valence-corrected chi connectivity index (χ2v) is 8.70. The van der Waals surface area contributed by atoms with Crippen LogP contribution in [0.25, 0.3) is 22.1 Å². The van der Waals surface area contributed by atoms with Crippen LogP contribution < -0.4 is 16.6 Å². The molecule has 0 aliphatic carbocycles. The molecule has 1 N–H and O–H groups in total. The average molecular weight is 468 g/mol. The van der Waals surface area contributed by atoms with Crippen LogP contribution in [0.5, 0.6) is 0 Å². The molecule has 0 saturated heterocycles. The third-order valence-corrected chi connectivity index (χ3v) is 6.17. The number of amides is 1. The number of hydrogen-bond donors (Lipinski definition) is 1. The first kappa shape index (κ1) is 22.4. The summed E-state index contributed by atoms with van der Waals surface area (Å²) in [4.78, 5) is 39.9. The fourth-order valence-electron chi connectivity index (χ4n) is 4.41. The molecule has 0 bridgehead atoms. The van der Waals surface area contributed by atoms with E-state index in [4.69, 9.17) is 4.42 Å². The molecule has 3 aromatic carbocycles. The van der Waals surface area contributed by atoms with Crippen LogP contribution in [0.2, 0.25) is 0 Å². The van der Waals surface area contributed by atoms with Crippen molar-refractivity contribution >= 4 is 33.7 Å². The number of carbonyl (C=O) groups excluding carboxylic acids is 1. The van der Waals surface area contributed by atoms with Gasteiger partial charge in [-0.3, -0.25) is 18.7 Å². The van der Waals surface area contributed by atoms with E-state index in [1.807, 2.05) is 68.4 Å². The van der Waals surface area contributed by atoms with Gasteiger partial charge in [0.05, 0.1) is 0 Å². The van der Waals surface area contributed by atoms with E-state index < -0.39 is 11.2 Å². The molecule has 0 aliphatic rings. The van der Waals surface area contributed by atoms with Gasteiger partial charge in [-0.05, 0) is 49.6 Å². The summed E-state index contributed by atoms with van der Waals surface area (Å²) in [6.07, 6.45) is 0.497. The van der Waals surface area contributed by atoms with Crippen molar-refractivity contribution in [1.82, 2.24) is 9.13 Å². The largest absolute Gasteiger partial charge is 0.449 e. The normalized spacial score (nSPS) is 11.3. The van der Waals surface area contributed by atoms with Gasteiger partial charge in [-0.15, -0.1) is 0 Å². The van der Waals surface area contributed by atoms with Crippen molar-refractivity contribution in [3.8, 4) is 0 Å². The Hall–Kier alpha value is -4.39. The molecule has 0 spiro atoms. The lowest BCUT2D eigenvalue weighted by Gasteiger charge is -2.13. The number of nitrogens with zero attached hydrogens (tertiary/aromatic N) is 2. The first-order chi connectivity index (χ1) is 16.9. The van der Waals surface area contributed by atoms with Crippen LogP contribution in [-0.4, -0.2) is 15.0 Å². The van der Waals surface area contributed by atoms with E-state index in [9.17, 15) is 14.4 Å². The quantitative estimate of drug-likeness (QED) is 0.401. The number of aromatic nitrogens is 2. The molecule has 0 saturated carbocycles. The average Bonchev–Trinajstić information content (AvgIpc) is 3.24. The van der Waals surface area contributed by atoms with Crippen molar-refractivity contribution in [2.75, 3.05) is 5.32 Å². The highest BCUT2D eigenvalue weighted by molar-refractivity contribution is 6.03. The zero-order valence-electron chi connectivity index (χ0n) is 19.6. The molecule has 2 heterocycles. The highest BCUT2D eigenvalue weighted by Gasteiger charge is 2.21. The van der Waals surface area contributed by atoms with Gasteiger partial charge in [0.25, 0.3) is 5.56 Å². The SMILES string of the molecule is Cc1ccc(NC(=O)Cn2c(=O)n(CCc3ccccc3)c(=O)c3oc4ccccc4c32)c(C)c1. The number of aryl methyl sites for hydroxylation is 3. The van der Waals surface area contributed by atoms with Gasteiger partial charge in [0, 0.05) is 17.6 Å². The molecule has 176 valence electrons. The maximum absolute atomic E-state index is 13.6. The third-order valence-electron chi connectivity index (χ3n) is 6.17. The van der Waals surface area contributed by atoms with Crippen molar-refractivity contribution in [2.24, 2.45) is 0 Å². The lowest BCUT2D eigenvalue weighted by molar-refractivity contribution is -0.116. The highest BCUT2D eigenvalue weighted by atomic mass is 16.3. The van der Waals surface area contributed by atoms with Gasteiger partial charge in [0.2, 0.25) is 11.5 Å². The van der Waals surface area contributed by atoms with Gasteiger partial charge >= 0.3 is 5.69 Å². The number of fused-ring (bicyclic) bond motifs is 3. The Morgan fingerprint density at radius 1 is 0.914 bits per heavy atom. The zero-order valence-corrected chi connectivity index (χ0v) is 19.6. The van der Waals surface area contributed by atoms with Crippen LogP contribution in [0, 0.1) is 13.8 Å². The van der Waals surface area contributed by atoms with Gasteiger partial charge in [0.1, 0.15) is 17.6 Å². The van der Waals surface area contributed by atoms with Crippen LogP contribution in [0.1, 0.15) is 16.7 Å². The minimum Gasteiger partial charge on any atom is -0.449 e. The molecule has 0 radical (unpaired) electrons. The summed E-state index contributed by atoms with van der Waals surface area (Å²) in [7, 11) is 0. The van der Waals surface area contributed by atoms with Crippen LogP contribution in [0.3, 0.4) is 0 Å². The minimum atomic E-state index is -0.541. The number of carbonyl (C=O) groups is 1. The van der Waals surface area contributed by atoms with E-state index in [-0.39, 0.29) is 24.6 Å². The van der Waals surface area contributed by atoms with E-state index >= 15 is 0 Å². The monoisotopic (exact) mass is 467 g/mol. The van der Waals surface area contributed by atoms with Crippen LogP contribution >= 0.6 is 0 Å². The van der Waals surface area contributed by atoms with E-state index in [0.717, 1.165) is 21.3 Å². The molecule has 0 atom stereocenters. The lowest BCUT2D eigenvalue weighted by atomic mass is 10.1. The summed E-state index contributed by atoms with van der Waals surface area (Å²) in [6, 6.07) is 22.5. The number of benzene rings is 3. The summed E-state index contributed by atoms with van der Waals surface area (Å²) < 4.78 is 8.37. The molecule has 0 fully saturated rings. The summed E-state index contributed by atoms with van der Waals surface area (Å²) >= 11 is 0. The maximum Gasteiger partial charge on any atom is 0.332 e. The number of nitrogens with one attached hydrogen (secondary N) is 1. The Bertz CT molecular complexity index is 1680. The van der Waals surface area contributed by atoms with Gasteiger partial charge in [-0.1, -0.05) is 60.2 Å². The van der Waals surface area contributed by atoms with Crippen LogP contribution in [0.15, 0.2) is 86.8 Å². The fourth-order valence-corrected chi connectivity index (χ4v) is 4.41. The minimum absolute atomic E-state index is 0.0678.